The molecule has 1 rings (SSSR count). The molecule has 5 nitrogen and oxygen atoms in total. The molecule has 1 unspecified atom stereocenters. The van der Waals surface area contributed by atoms with Crippen LogP contribution in [0.25, 0.3) is 0 Å². The Morgan fingerprint density at radius 3 is 2.58 bits per heavy atom. The van der Waals surface area contributed by atoms with Crippen LogP contribution < -0.4 is 5.32 Å². The third-order valence-corrected chi connectivity index (χ3v) is 3.69. The zero-order chi connectivity index (χ0) is 14.1. The summed E-state index contributed by atoms with van der Waals surface area (Å²) in [5, 5.41) is 3.36. The fraction of sp³-hybridized carbons (Fsp3) is 0.929. The Bertz CT molecular complexity index is 255. The number of ether oxygens (including phenoxy) is 2. The number of rotatable bonds is 9. The van der Waals surface area contributed by atoms with Crippen LogP contribution in [0, 0.1) is 0 Å². The lowest BCUT2D eigenvalue weighted by Crippen LogP contribution is -2.47. The van der Waals surface area contributed by atoms with Crippen LogP contribution in [-0.4, -0.2) is 63.4 Å². The smallest absolute Gasteiger partial charge is 0.236 e. The van der Waals surface area contributed by atoms with E-state index in [9.17, 15) is 4.79 Å². The van der Waals surface area contributed by atoms with E-state index >= 15 is 0 Å². The lowest BCUT2D eigenvalue weighted by atomic mass is 10.2. The molecule has 0 aromatic rings. The molecule has 0 radical (unpaired) electrons. The standard InChI is InChI=1S/C14H28N2O3/c1-12(11-19-3)16(8-9-18-2)14(17)10-15-13-6-4-5-7-13/h12-13,15H,4-11H2,1-3H3. The van der Waals surface area contributed by atoms with Crippen LogP contribution in [-0.2, 0) is 14.3 Å². The van der Waals surface area contributed by atoms with Crippen molar-refractivity contribution < 1.29 is 14.3 Å². The van der Waals surface area contributed by atoms with Crippen LogP contribution in [0.3, 0.4) is 0 Å². The SMILES string of the molecule is COCCN(C(=O)CNC1CCCC1)C(C)COC. The number of amides is 1. The molecule has 0 bridgehead atoms. The summed E-state index contributed by atoms with van der Waals surface area (Å²) in [7, 11) is 3.31. The van der Waals surface area contributed by atoms with Gasteiger partial charge in [-0.1, -0.05) is 12.8 Å². The van der Waals surface area contributed by atoms with Gasteiger partial charge in [-0.25, -0.2) is 0 Å². The molecule has 1 amide bonds. The van der Waals surface area contributed by atoms with Crippen molar-refractivity contribution in [1.29, 1.82) is 0 Å². The second-order valence-electron chi connectivity index (χ2n) is 5.25. The van der Waals surface area contributed by atoms with Crippen molar-refractivity contribution in [1.82, 2.24) is 10.2 Å². The average molecular weight is 272 g/mol. The second-order valence-corrected chi connectivity index (χ2v) is 5.25. The molecule has 5 heteroatoms. The summed E-state index contributed by atoms with van der Waals surface area (Å²) in [5.41, 5.74) is 0. The lowest BCUT2D eigenvalue weighted by Gasteiger charge is -2.29. The van der Waals surface area contributed by atoms with E-state index in [1.165, 1.54) is 25.7 Å². The van der Waals surface area contributed by atoms with Crippen LogP contribution in [0.4, 0.5) is 0 Å². The molecule has 19 heavy (non-hydrogen) atoms. The molecule has 0 aromatic heterocycles. The van der Waals surface area contributed by atoms with Crippen molar-refractivity contribution >= 4 is 5.91 Å². The summed E-state index contributed by atoms with van der Waals surface area (Å²) in [5.74, 6) is 0.133. The highest BCUT2D eigenvalue weighted by atomic mass is 16.5. The maximum Gasteiger partial charge on any atom is 0.236 e. The van der Waals surface area contributed by atoms with Gasteiger partial charge in [-0.3, -0.25) is 4.79 Å². The van der Waals surface area contributed by atoms with E-state index in [2.05, 4.69) is 5.32 Å². The van der Waals surface area contributed by atoms with E-state index in [-0.39, 0.29) is 11.9 Å². The fourth-order valence-corrected chi connectivity index (χ4v) is 2.57. The molecule has 0 saturated heterocycles. The Morgan fingerprint density at radius 1 is 1.32 bits per heavy atom. The van der Waals surface area contributed by atoms with E-state index in [1.807, 2.05) is 11.8 Å². The van der Waals surface area contributed by atoms with E-state index in [0.717, 1.165) is 0 Å². The van der Waals surface area contributed by atoms with Crippen molar-refractivity contribution in [3.63, 3.8) is 0 Å². The number of nitrogens with zero attached hydrogens (tertiary/aromatic N) is 1. The van der Waals surface area contributed by atoms with Gasteiger partial charge in [-0.2, -0.15) is 0 Å². The van der Waals surface area contributed by atoms with Gasteiger partial charge >= 0.3 is 0 Å². The van der Waals surface area contributed by atoms with Gasteiger partial charge in [0.25, 0.3) is 0 Å². The van der Waals surface area contributed by atoms with Gasteiger partial charge in [-0.15, -0.1) is 0 Å². The second kappa shape index (κ2) is 9.28. The van der Waals surface area contributed by atoms with Crippen molar-refractivity contribution in [2.24, 2.45) is 0 Å². The molecule has 1 N–H and O–H groups in total. The van der Waals surface area contributed by atoms with Gasteiger partial charge < -0.3 is 19.7 Å². The van der Waals surface area contributed by atoms with Crippen LogP contribution in [0.15, 0.2) is 0 Å². The fourth-order valence-electron chi connectivity index (χ4n) is 2.57. The highest BCUT2D eigenvalue weighted by Crippen LogP contribution is 2.17. The van der Waals surface area contributed by atoms with Crippen molar-refractivity contribution in [3.05, 3.63) is 0 Å². The van der Waals surface area contributed by atoms with Gasteiger partial charge in [-0.05, 0) is 19.8 Å². The Morgan fingerprint density at radius 2 is 2.00 bits per heavy atom. The Kier molecular flexibility index (Phi) is 8.02. The first kappa shape index (κ1) is 16.4. The molecule has 0 aliphatic heterocycles. The maximum absolute atomic E-state index is 12.3. The van der Waals surface area contributed by atoms with Crippen molar-refractivity contribution in [2.75, 3.05) is 40.5 Å². The summed E-state index contributed by atoms with van der Waals surface area (Å²) in [6.45, 7) is 4.16. The molecule has 0 spiro atoms. The molecule has 0 heterocycles. The summed E-state index contributed by atoms with van der Waals surface area (Å²) < 4.78 is 10.2. The number of carbonyl (C=O) groups excluding carboxylic acids is 1. The topological polar surface area (TPSA) is 50.8 Å². The number of methoxy groups -OCH3 is 2. The van der Waals surface area contributed by atoms with Gasteiger partial charge in [0.05, 0.1) is 25.8 Å². The minimum Gasteiger partial charge on any atom is -0.383 e. The predicted octanol–water partition coefficient (Wildman–Crippen LogP) is 1.03. The van der Waals surface area contributed by atoms with Crippen molar-refractivity contribution in [3.8, 4) is 0 Å². The quantitative estimate of drug-likeness (QED) is 0.681. The predicted molar refractivity (Wildman–Crippen MR) is 75.2 cm³/mol. The largest absolute Gasteiger partial charge is 0.383 e. The molecular weight excluding hydrogens is 244 g/mol. The molecule has 0 aromatic carbocycles. The summed E-state index contributed by atoms with van der Waals surface area (Å²) in [6, 6.07) is 0.601. The summed E-state index contributed by atoms with van der Waals surface area (Å²) in [6.07, 6.45) is 4.94. The highest BCUT2D eigenvalue weighted by molar-refractivity contribution is 5.78. The van der Waals surface area contributed by atoms with Gasteiger partial charge in [0.2, 0.25) is 5.91 Å². The van der Waals surface area contributed by atoms with E-state index in [4.69, 9.17) is 9.47 Å². The average Bonchev–Trinajstić information content (AvgIpc) is 2.90. The molecule has 1 aliphatic rings. The summed E-state index contributed by atoms with van der Waals surface area (Å²) in [4.78, 5) is 14.1. The van der Waals surface area contributed by atoms with Crippen molar-refractivity contribution in [2.45, 2.75) is 44.7 Å². The highest BCUT2D eigenvalue weighted by Gasteiger charge is 2.21. The molecule has 1 saturated carbocycles. The maximum atomic E-state index is 12.3. The first-order valence-corrected chi connectivity index (χ1v) is 7.19. The summed E-state index contributed by atoms with van der Waals surface area (Å²) >= 11 is 0. The van der Waals surface area contributed by atoms with E-state index < -0.39 is 0 Å². The van der Waals surface area contributed by atoms with E-state index in [0.29, 0.717) is 32.3 Å². The van der Waals surface area contributed by atoms with Gasteiger partial charge in [0.15, 0.2) is 0 Å². The van der Waals surface area contributed by atoms with Crippen LogP contribution in [0.2, 0.25) is 0 Å². The molecule has 1 aliphatic carbocycles. The molecule has 112 valence electrons. The minimum absolute atomic E-state index is 0.0815. The molecular formula is C14H28N2O3. The van der Waals surface area contributed by atoms with Gasteiger partial charge in [0, 0.05) is 26.8 Å². The Labute approximate surface area is 116 Å². The zero-order valence-electron chi connectivity index (χ0n) is 12.5. The third kappa shape index (κ3) is 5.89. The first-order chi connectivity index (χ1) is 9.19. The first-order valence-electron chi connectivity index (χ1n) is 7.19. The normalized spacial score (nSPS) is 17.6. The lowest BCUT2D eigenvalue weighted by molar-refractivity contribution is -0.134. The number of hydrogen-bond donors (Lipinski definition) is 1. The Hall–Kier alpha value is -0.650. The molecule has 1 atom stereocenters. The minimum atomic E-state index is 0.0815. The van der Waals surface area contributed by atoms with Crippen LogP contribution in [0.5, 0.6) is 0 Å². The molecule has 1 fully saturated rings. The number of hydrogen-bond acceptors (Lipinski definition) is 4. The Balaban J connectivity index is 2.39. The third-order valence-electron chi connectivity index (χ3n) is 3.69. The van der Waals surface area contributed by atoms with Gasteiger partial charge in [0.1, 0.15) is 0 Å². The monoisotopic (exact) mass is 272 g/mol. The van der Waals surface area contributed by atoms with Crippen LogP contribution >= 0.6 is 0 Å². The number of nitrogens with one attached hydrogen (secondary N) is 1. The van der Waals surface area contributed by atoms with E-state index in [1.54, 1.807) is 14.2 Å². The number of carbonyl (C=O) groups is 1. The van der Waals surface area contributed by atoms with Crippen LogP contribution in [0.1, 0.15) is 32.6 Å². The zero-order valence-corrected chi connectivity index (χ0v) is 12.5.